The second-order valence-electron chi connectivity index (χ2n) is 5.48. The Hall–Kier alpha value is -2.04. The molecule has 1 aliphatic rings. The third-order valence-corrected chi connectivity index (χ3v) is 3.64. The number of carboxylic acids is 1. The SMILES string of the molecule is CC1CCN(C(=O)N(C)Cc2ccc(C(=O)O)cc2)C1. The van der Waals surface area contributed by atoms with Crippen LogP contribution < -0.4 is 0 Å². The Morgan fingerprint density at radius 2 is 2.00 bits per heavy atom. The van der Waals surface area contributed by atoms with E-state index >= 15 is 0 Å². The van der Waals surface area contributed by atoms with Crippen LogP contribution in [0.1, 0.15) is 29.3 Å². The van der Waals surface area contributed by atoms with Crippen molar-refractivity contribution in [1.82, 2.24) is 9.80 Å². The van der Waals surface area contributed by atoms with Crippen molar-refractivity contribution in [3.8, 4) is 0 Å². The Kier molecular flexibility index (Phi) is 4.27. The van der Waals surface area contributed by atoms with Crippen LogP contribution in [0.4, 0.5) is 4.79 Å². The fourth-order valence-electron chi connectivity index (χ4n) is 2.44. The Morgan fingerprint density at radius 3 is 2.50 bits per heavy atom. The van der Waals surface area contributed by atoms with Gasteiger partial charge in [-0.2, -0.15) is 0 Å². The van der Waals surface area contributed by atoms with Crippen LogP contribution in [-0.2, 0) is 6.54 Å². The van der Waals surface area contributed by atoms with E-state index in [4.69, 9.17) is 5.11 Å². The molecule has 1 N–H and O–H groups in total. The molecule has 0 aromatic heterocycles. The van der Waals surface area contributed by atoms with Crippen LogP contribution in [0.5, 0.6) is 0 Å². The third kappa shape index (κ3) is 3.29. The number of rotatable bonds is 3. The highest BCUT2D eigenvalue weighted by atomic mass is 16.4. The van der Waals surface area contributed by atoms with Gasteiger partial charge in [-0.05, 0) is 30.0 Å². The second kappa shape index (κ2) is 5.94. The number of benzene rings is 1. The highest BCUT2D eigenvalue weighted by Gasteiger charge is 2.25. The van der Waals surface area contributed by atoms with E-state index in [-0.39, 0.29) is 11.6 Å². The first-order chi connectivity index (χ1) is 9.47. The molecule has 108 valence electrons. The van der Waals surface area contributed by atoms with Gasteiger partial charge in [0, 0.05) is 26.7 Å². The van der Waals surface area contributed by atoms with E-state index in [1.165, 1.54) is 0 Å². The Morgan fingerprint density at radius 1 is 1.35 bits per heavy atom. The number of urea groups is 1. The van der Waals surface area contributed by atoms with Crippen molar-refractivity contribution in [3.63, 3.8) is 0 Å². The summed E-state index contributed by atoms with van der Waals surface area (Å²) in [6.07, 6.45) is 1.06. The minimum absolute atomic E-state index is 0.0386. The molecule has 5 nitrogen and oxygen atoms in total. The van der Waals surface area contributed by atoms with Crippen LogP contribution >= 0.6 is 0 Å². The van der Waals surface area contributed by atoms with E-state index in [1.54, 1.807) is 36.2 Å². The fourth-order valence-corrected chi connectivity index (χ4v) is 2.44. The number of likely N-dealkylation sites (tertiary alicyclic amines) is 1. The van der Waals surface area contributed by atoms with E-state index in [0.717, 1.165) is 25.1 Å². The molecule has 1 saturated heterocycles. The molecule has 0 bridgehead atoms. The van der Waals surface area contributed by atoms with Gasteiger partial charge in [0.2, 0.25) is 0 Å². The number of carbonyl (C=O) groups excluding carboxylic acids is 1. The molecule has 1 aromatic rings. The van der Waals surface area contributed by atoms with Crippen molar-refractivity contribution in [2.24, 2.45) is 5.92 Å². The zero-order valence-electron chi connectivity index (χ0n) is 11.9. The van der Waals surface area contributed by atoms with E-state index in [1.807, 2.05) is 4.90 Å². The molecule has 1 aliphatic heterocycles. The van der Waals surface area contributed by atoms with Gasteiger partial charge in [0.1, 0.15) is 0 Å². The summed E-state index contributed by atoms with van der Waals surface area (Å²) in [7, 11) is 1.77. The lowest BCUT2D eigenvalue weighted by Gasteiger charge is -2.24. The van der Waals surface area contributed by atoms with Crippen molar-refractivity contribution in [2.75, 3.05) is 20.1 Å². The molecule has 1 atom stereocenters. The number of aromatic carboxylic acids is 1. The summed E-state index contributed by atoms with van der Waals surface area (Å²) in [4.78, 5) is 26.6. The Labute approximate surface area is 118 Å². The maximum absolute atomic E-state index is 12.2. The van der Waals surface area contributed by atoms with Crippen molar-refractivity contribution in [2.45, 2.75) is 19.9 Å². The van der Waals surface area contributed by atoms with E-state index < -0.39 is 5.97 Å². The average molecular weight is 276 g/mol. The number of nitrogens with zero attached hydrogens (tertiary/aromatic N) is 2. The van der Waals surface area contributed by atoms with Gasteiger partial charge in [-0.3, -0.25) is 0 Å². The van der Waals surface area contributed by atoms with Gasteiger partial charge in [0.15, 0.2) is 0 Å². The molecule has 2 rings (SSSR count). The van der Waals surface area contributed by atoms with Crippen LogP contribution in [-0.4, -0.2) is 47.0 Å². The van der Waals surface area contributed by atoms with Crippen LogP contribution in [0.25, 0.3) is 0 Å². The molecule has 0 saturated carbocycles. The zero-order valence-corrected chi connectivity index (χ0v) is 11.9. The summed E-state index contributed by atoms with van der Waals surface area (Å²) < 4.78 is 0. The monoisotopic (exact) mass is 276 g/mol. The van der Waals surface area contributed by atoms with E-state index in [2.05, 4.69) is 6.92 Å². The summed E-state index contributed by atoms with van der Waals surface area (Å²) >= 11 is 0. The van der Waals surface area contributed by atoms with E-state index in [0.29, 0.717) is 12.5 Å². The average Bonchev–Trinajstić information content (AvgIpc) is 2.85. The molecular formula is C15H20N2O3. The molecule has 0 radical (unpaired) electrons. The molecule has 1 unspecified atom stereocenters. The summed E-state index contributed by atoms with van der Waals surface area (Å²) in [5, 5.41) is 8.84. The van der Waals surface area contributed by atoms with E-state index in [9.17, 15) is 9.59 Å². The lowest BCUT2D eigenvalue weighted by molar-refractivity contribution is 0.0697. The highest BCUT2D eigenvalue weighted by molar-refractivity contribution is 5.87. The molecular weight excluding hydrogens is 256 g/mol. The molecule has 5 heteroatoms. The summed E-state index contributed by atoms with van der Waals surface area (Å²) in [6, 6.07) is 6.67. The van der Waals surface area contributed by atoms with Gasteiger partial charge < -0.3 is 14.9 Å². The Balaban J connectivity index is 1.95. The first kappa shape index (κ1) is 14.4. The van der Waals surface area contributed by atoms with Gasteiger partial charge in [-0.1, -0.05) is 19.1 Å². The third-order valence-electron chi connectivity index (χ3n) is 3.64. The minimum atomic E-state index is -0.938. The topological polar surface area (TPSA) is 60.9 Å². The van der Waals surface area contributed by atoms with Gasteiger partial charge in [-0.15, -0.1) is 0 Å². The summed E-state index contributed by atoms with van der Waals surface area (Å²) in [5.41, 5.74) is 1.19. The fraction of sp³-hybridized carbons (Fsp3) is 0.467. The van der Waals surface area contributed by atoms with Crippen LogP contribution in [0, 0.1) is 5.92 Å². The standard InChI is InChI=1S/C15H20N2O3/c1-11-7-8-17(9-11)15(20)16(2)10-12-3-5-13(6-4-12)14(18)19/h3-6,11H,7-10H2,1-2H3,(H,18,19). The smallest absolute Gasteiger partial charge is 0.335 e. The molecule has 0 spiro atoms. The quantitative estimate of drug-likeness (QED) is 0.921. The lowest BCUT2D eigenvalue weighted by Crippen LogP contribution is -2.39. The highest BCUT2D eigenvalue weighted by Crippen LogP contribution is 2.17. The molecule has 1 heterocycles. The maximum atomic E-state index is 12.2. The maximum Gasteiger partial charge on any atom is 0.335 e. The first-order valence-corrected chi connectivity index (χ1v) is 6.79. The van der Waals surface area contributed by atoms with Crippen molar-refractivity contribution in [3.05, 3.63) is 35.4 Å². The predicted octanol–water partition coefficient (Wildman–Crippen LogP) is 2.28. The normalized spacial score (nSPS) is 18.1. The zero-order chi connectivity index (χ0) is 14.7. The molecule has 2 amide bonds. The van der Waals surface area contributed by atoms with Crippen LogP contribution in [0.2, 0.25) is 0 Å². The van der Waals surface area contributed by atoms with Crippen molar-refractivity contribution in [1.29, 1.82) is 0 Å². The second-order valence-corrected chi connectivity index (χ2v) is 5.48. The van der Waals surface area contributed by atoms with Gasteiger partial charge in [0.05, 0.1) is 5.56 Å². The molecule has 0 aliphatic carbocycles. The van der Waals surface area contributed by atoms with Crippen molar-refractivity contribution >= 4 is 12.0 Å². The number of carboxylic acid groups (broad SMARTS) is 1. The minimum Gasteiger partial charge on any atom is -0.478 e. The molecule has 1 fully saturated rings. The molecule has 1 aromatic carbocycles. The van der Waals surface area contributed by atoms with Gasteiger partial charge in [0.25, 0.3) is 0 Å². The summed E-state index contributed by atoms with van der Waals surface area (Å²) in [6.45, 7) is 4.28. The van der Waals surface area contributed by atoms with Crippen LogP contribution in [0.15, 0.2) is 24.3 Å². The number of carbonyl (C=O) groups is 2. The van der Waals surface area contributed by atoms with Gasteiger partial charge in [-0.25, -0.2) is 9.59 Å². The van der Waals surface area contributed by atoms with Crippen LogP contribution in [0.3, 0.4) is 0 Å². The lowest BCUT2D eigenvalue weighted by atomic mass is 10.1. The number of hydrogen-bond acceptors (Lipinski definition) is 2. The molecule has 20 heavy (non-hydrogen) atoms. The Bertz CT molecular complexity index is 498. The van der Waals surface area contributed by atoms with Gasteiger partial charge >= 0.3 is 12.0 Å². The summed E-state index contributed by atoms with van der Waals surface area (Å²) in [5.74, 6) is -0.366. The first-order valence-electron chi connectivity index (χ1n) is 6.79. The largest absolute Gasteiger partial charge is 0.478 e. The number of amides is 2. The number of hydrogen-bond donors (Lipinski definition) is 1. The van der Waals surface area contributed by atoms with Crippen molar-refractivity contribution < 1.29 is 14.7 Å². The predicted molar refractivity (Wildman–Crippen MR) is 75.6 cm³/mol.